The SMILES string of the molecule is COc1ccc(CN2CCc3c(C(=O)Oc4cc5c(s4)CCN(Cc4ccccc4F)C5)nn(-c4ccc(OC)cc4)c3C2=O)cc1. The number of rotatable bonds is 9. The molecular weight excluding hydrogens is 619 g/mol. The van der Waals surface area contributed by atoms with Crippen LogP contribution in [0, 0.1) is 5.82 Å². The van der Waals surface area contributed by atoms with Gasteiger partial charge in [-0.2, -0.15) is 5.10 Å². The van der Waals surface area contributed by atoms with Gasteiger partial charge in [-0.15, -0.1) is 11.3 Å². The molecule has 1 amide bonds. The maximum Gasteiger partial charge on any atom is 0.365 e. The van der Waals surface area contributed by atoms with Gasteiger partial charge in [-0.25, -0.2) is 13.9 Å². The maximum atomic E-state index is 14.3. The predicted molar refractivity (Wildman–Crippen MR) is 175 cm³/mol. The largest absolute Gasteiger partial charge is 0.497 e. The number of methoxy groups -OCH3 is 2. The Hall–Kier alpha value is -5.00. The van der Waals surface area contributed by atoms with Gasteiger partial charge in [-0.1, -0.05) is 30.3 Å². The number of amides is 1. The highest BCUT2D eigenvalue weighted by Gasteiger charge is 2.35. The Morgan fingerprint density at radius 1 is 0.915 bits per heavy atom. The topological polar surface area (TPSA) is 86.1 Å². The molecule has 0 radical (unpaired) electrons. The van der Waals surface area contributed by atoms with Crippen LogP contribution < -0.4 is 14.2 Å². The number of ether oxygens (including phenoxy) is 3. The number of carbonyl (C=O) groups excluding carboxylic acids is 2. The monoisotopic (exact) mass is 652 g/mol. The van der Waals surface area contributed by atoms with E-state index in [-0.39, 0.29) is 17.4 Å². The number of thiophene rings is 1. The van der Waals surface area contributed by atoms with Crippen molar-refractivity contribution in [3.8, 4) is 22.2 Å². The van der Waals surface area contributed by atoms with Crippen LogP contribution >= 0.6 is 11.3 Å². The third-order valence-electron chi connectivity index (χ3n) is 8.62. The van der Waals surface area contributed by atoms with Crippen molar-refractivity contribution in [1.29, 1.82) is 0 Å². The Kier molecular flexibility index (Phi) is 8.48. The molecule has 0 unspecified atom stereocenters. The summed E-state index contributed by atoms with van der Waals surface area (Å²) in [5.41, 5.74) is 4.35. The molecule has 47 heavy (non-hydrogen) atoms. The highest BCUT2D eigenvalue weighted by Crippen LogP contribution is 2.35. The quantitative estimate of drug-likeness (QED) is 0.179. The average molecular weight is 653 g/mol. The Morgan fingerprint density at radius 2 is 1.64 bits per heavy atom. The summed E-state index contributed by atoms with van der Waals surface area (Å²) >= 11 is 1.44. The van der Waals surface area contributed by atoms with Crippen LogP contribution in [0.25, 0.3) is 5.69 Å². The number of hydrogen-bond donors (Lipinski definition) is 0. The molecule has 0 bridgehead atoms. The highest BCUT2D eigenvalue weighted by molar-refractivity contribution is 7.14. The first-order chi connectivity index (χ1) is 22.9. The molecule has 4 heterocycles. The van der Waals surface area contributed by atoms with Gasteiger partial charge in [0.25, 0.3) is 5.91 Å². The normalized spacial score (nSPS) is 14.4. The lowest BCUT2D eigenvalue weighted by Gasteiger charge is -2.27. The predicted octanol–water partition coefficient (Wildman–Crippen LogP) is 6.07. The molecule has 0 atom stereocenters. The molecule has 2 aliphatic rings. The van der Waals surface area contributed by atoms with Crippen molar-refractivity contribution in [2.45, 2.75) is 32.5 Å². The zero-order valence-electron chi connectivity index (χ0n) is 26.1. The summed E-state index contributed by atoms with van der Waals surface area (Å²) in [4.78, 5) is 32.8. The van der Waals surface area contributed by atoms with Gasteiger partial charge in [0.05, 0.1) is 19.9 Å². The van der Waals surface area contributed by atoms with Crippen molar-refractivity contribution in [2.24, 2.45) is 0 Å². The smallest absolute Gasteiger partial charge is 0.365 e. The number of esters is 1. The van der Waals surface area contributed by atoms with Crippen LogP contribution in [0.3, 0.4) is 0 Å². The second-order valence-electron chi connectivity index (χ2n) is 11.6. The summed E-state index contributed by atoms with van der Waals surface area (Å²) in [5.74, 6) is 0.375. The molecule has 5 aromatic rings. The van der Waals surface area contributed by atoms with Gasteiger partial charge in [0.2, 0.25) is 0 Å². The van der Waals surface area contributed by atoms with E-state index in [0.29, 0.717) is 65.9 Å². The molecule has 7 rings (SSSR count). The first-order valence-corrected chi connectivity index (χ1v) is 16.2. The van der Waals surface area contributed by atoms with Crippen LogP contribution in [0.15, 0.2) is 78.9 Å². The summed E-state index contributed by atoms with van der Waals surface area (Å²) in [7, 11) is 3.20. The molecule has 3 aromatic carbocycles. The number of aromatic nitrogens is 2. The molecule has 2 aliphatic heterocycles. The molecule has 0 spiro atoms. The lowest BCUT2D eigenvalue weighted by molar-refractivity contribution is 0.0716. The fourth-order valence-electron chi connectivity index (χ4n) is 6.14. The fourth-order valence-corrected chi connectivity index (χ4v) is 7.15. The van der Waals surface area contributed by atoms with E-state index >= 15 is 0 Å². The van der Waals surface area contributed by atoms with Gasteiger partial charge in [-0.3, -0.25) is 9.69 Å². The van der Waals surface area contributed by atoms with Crippen molar-refractivity contribution in [3.63, 3.8) is 0 Å². The second kappa shape index (κ2) is 13.0. The van der Waals surface area contributed by atoms with E-state index in [0.717, 1.165) is 34.7 Å². The Morgan fingerprint density at radius 3 is 2.36 bits per heavy atom. The number of carbonyl (C=O) groups is 2. The number of nitrogens with zero attached hydrogens (tertiary/aromatic N) is 4. The number of benzene rings is 3. The number of fused-ring (bicyclic) bond motifs is 2. The standard InChI is InChI=1S/C36H33FN4O5S/c1-44-27-11-7-23(8-12-27)20-40-18-15-29-33(38-41(34(29)35(40)42)26-9-13-28(45-2)14-10-26)36(43)46-32-19-25-22-39(17-16-31(25)47-32)21-24-5-3-4-6-30(24)37/h3-14,19H,15-18,20-22H2,1-2H3. The molecule has 0 saturated carbocycles. The van der Waals surface area contributed by atoms with Crippen LogP contribution in [0.2, 0.25) is 0 Å². The minimum absolute atomic E-state index is 0.126. The van der Waals surface area contributed by atoms with Gasteiger partial charge in [0.1, 0.15) is 23.0 Å². The molecule has 0 aliphatic carbocycles. The van der Waals surface area contributed by atoms with E-state index in [4.69, 9.17) is 14.2 Å². The van der Waals surface area contributed by atoms with E-state index < -0.39 is 5.97 Å². The first-order valence-electron chi connectivity index (χ1n) is 15.4. The molecule has 0 fully saturated rings. The van der Waals surface area contributed by atoms with E-state index in [9.17, 15) is 14.0 Å². The van der Waals surface area contributed by atoms with Crippen LogP contribution in [-0.2, 0) is 32.5 Å². The van der Waals surface area contributed by atoms with Gasteiger partial charge < -0.3 is 19.1 Å². The summed E-state index contributed by atoms with van der Waals surface area (Å²) in [6.45, 7) is 2.76. The van der Waals surface area contributed by atoms with Crippen molar-refractivity contribution >= 4 is 23.2 Å². The van der Waals surface area contributed by atoms with Gasteiger partial charge >= 0.3 is 5.97 Å². The van der Waals surface area contributed by atoms with Crippen molar-refractivity contribution in [3.05, 3.63) is 123 Å². The fraction of sp³-hybridized carbons (Fsp3) is 0.250. The third kappa shape index (κ3) is 6.24. The Balaban J connectivity index is 1.14. The first kappa shape index (κ1) is 30.6. The Labute approximate surface area is 275 Å². The molecular formula is C36H33FN4O5S. The molecule has 240 valence electrons. The van der Waals surface area contributed by atoms with Gasteiger partial charge in [-0.05, 0) is 72.5 Å². The zero-order chi connectivity index (χ0) is 32.5. The minimum atomic E-state index is -0.605. The second-order valence-corrected chi connectivity index (χ2v) is 12.7. The molecule has 11 heteroatoms. The number of halogens is 1. The van der Waals surface area contributed by atoms with Crippen LogP contribution in [0.4, 0.5) is 4.39 Å². The molecule has 9 nitrogen and oxygen atoms in total. The van der Waals surface area contributed by atoms with Crippen molar-refractivity contribution in [1.82, 2.24) is 19.6 Å². The van der Waals surface area contributed by atoms with E-state index in [1.807, 2.05) is 36.4 Å². The summed E-state index contributed by atoms with van der Waals surface area (Å²) < 4.78 is 32.3. The van der Waals surface area contributed by atoms with Crippen molar-refractivity contribution in [2.75, 3.05) is 27.3 Å². The summed E-state index contributed by atoms with van der Waals surface area (Å²) in [6.07, 6.45) is 1.23. The Bertz CT molecular complexity index is 1940. The van der Waals surface area contributed by atoms with Gasteiger partial charge in [0, 0.05) is 48.7 Å². The lowest BCUT2D eigenvalue weighted by Crippen LogP contribution is -2.38. The van der Waals surface area contributed by atoms with E-state index in [1.54, 1.807) is 55.5 Å². The molecule has 0 saturated heterocycles. The summed E-state index contributed by atoms with van der Waals surface area (Å²) in [5, 5.41) is 5.15. The third-order valence-corrected chi connectivity index (χ3v) is 9.73. The van der Waals surface area contributed by atoms with E-state index in [1.165, 1.54) is 22.1 Å². The molecule has 0 N–H and O–H groups in total. The molecule has 2 aromatic heterocycles. The average Bonchev–Trinajstić information content (AvgIpc) is 3.69. The van der Waals surface area contributed by atoms with Crippen LogP contribution in [0.1, 0.15) is 48.1 Å². The highest BCUT2D eigenvalue weighted by atomic mass is 32.1. The number of hydrogen-bond acceptors (Lipinski definition) is 8. The van der Waals surface area contributed by atoms with E-state index in [2.05, 4.69) is 10.00 Å². The maximum absolute atomic E-state index is 14.3. The van der Waals surface area contributed by atoms with Crippen LogP contribution in [0.5, 0.6) is 16.6 Å². The summed E-state index contributed by atoms with van der Waals surface area (Å²) in [6, 6.07) is 23.5. The minimum Gasteiger partial charge on any atom is -0.497 e. The zero-order valence-corrected chi connectivity index (χ0v) is 26.9. The van der Waals surface area contributed by atoms with Crippen LogP contribution in [-0.4, -0.2) is 58.8 Å². The van der Waals surface area contributed by atoms with Gasteiger partial charge in [0.15, 0.2) is 10.8 Å². The lowest BCUT2D eigenvalue weighted by atomic mass is 10.0. The van der Waals surface area contributed by atoms with Crippen molar-refractivity contribution < 1.29 is 28.2 Å².